The number of ether oxygens (including phenoxy) is 2. The molecule has 2 heterocycles. The quantitative estimate of drug-likeness (QED) is 0.386. The highest BCUT2D eigenvalue weighted by Crippen LogP contribution is 2.47. The lowest BCUT2D eigenvalue weighted by molar-refractivity contribution is -0.137. The standard InChI is InChI=1S/C20H35NO4S/c1-3-4-13-21-20(26)24-14(2)19-15(16-11-12-17(19)25-16)9-7-5-6-8-10-18(22)23/h14-17,19H,3-13H2,1-2H3,(H,21,26)(H,22,23). The summed E-state index contributed by atoms with van der Waals surface area (Å²) in [4.78, 5) is 10.6. The van der Waals surface area contributed by atoms with Crippen molar-refractivity contribution >= 4 is 23.4 Å². The Morgan fingerprint density at radius 2 is 1.96 bits per heavy atom. The van der Waals surface area contributed by atoms with Crippen molar-refractivity contribution in [1.82, 2.24) is 5.32 Å². The van der Waals surface area contributed by atoms with Crippen molar-refractivity contribution in [2.45, 2.75) is 96.4 Å². The topological polar surface area (TPSA) is 67.8 Å². The van der Waals surface area contributed by atoms with Crippen LogP contribution in [0.4, 0.5) is 0 Å². The van der Waals surface area contributed by atoms with Crippen LogP contribution in [0.1, 0.15) is 78.1 Å². The Hall–Kier alpha value is -0.880. The highest BCUT2D eigenvalue weighted by molar-refractivity contribution is 7.80. The first-order valence-electron chi connectivity index (χ1n) is 10.3. The van der Waals surface area contributed by atoms with Crippen molar-refractivity contribution in [3.63, 3.8) is 0 Å². The molecule has 0 amide bonds. The number of thiocarbonyl (C=S) groups is 1. The fraction of sp³-hybridized carbons (Fsp3) is 0.900. The van der Waals surface area contributed by atoms with Crippen molar-refractivity contribution in [2.75, 3.05) is 6.54 Å². The second-order valence-electron chi connectivity index (χ2n) is 7.77. The molecule has 26 heavy (non-hydrogen) atoms. The highest BCUT2D eigenvalue weighted by atomic mass is 32.1. The normalized spacial score (nSPS) is 28.1. The highest BCUT2D eigenvalue weighted by Gasteiger charge is 2.51. The summed E-state index contributed by atoms with van der Waals surface area (Å²) in [7, 11) is 0. The van der Waals surface area contributed by atoms with Gasteiger partial charge in [-0.05, 0) is 57.2 Å². The Kier molecular flexibility index (Phi) is 9.12. The van der Waals surface area contributed by atoms with Crippen molar-refractivity contribution < 1.29 is 19.4 Å². The first-order valence-corrected chi connectivity index (χ1v) is 10.8. The third-order valence-corrected chi connectivity index (χ3v) is 6.04. The molecule has 2 fully saturated rings. The number of fused-ring (bicyclic) bond motifs is 2. The fourth-order valence-electron chi connectivity index (χ4n) is 4.51. The molecule has 0 saturated carbocycles. The van der Waals surface area contributed by atoms with Gasteiger partial charge in [-0.15, -0.1) is 0 Å². The first kappa shape index (κ1) is 21.4. The van der Waals surface area contributed by atoms with Gasteiger partial charge in [-0.25, -0.2) is 0 Å². The molecule has 2 N–H and O–H groups in total. The van der Waals surface area contributed by atoms with Gasteiger partial charge in [0.15, 0.2) is 0 Å². The van der Waals surface area contributed by atoms with Crippen molar-refractivity contribution in [2.24, 2.45) is 11.8 Å². The maximum absolute atomic E-state index is 10.6. The molecular weight excluding hydrogens is 350 g/mol. The lowest BCUT2D eigenvalue weighted by Crippen LogP contribution is -2.39. The monoisotopic (exact) mass is 385 g/mol. The Morgan fingerprint density at radius 3 is 2.69 bits per heavy atom. The van der Waals surface area contributed by atoms with Gasteiger partial charge >= 0.3 is 5.97 Å². The number of rotatable bonds is 12. The van der Waals surface area contributed by atoms with Crippen LogP contribution in [-0.2, 0) is 14.3 Å². The van der Waals surface area contributed by atoms with Crippen LogP contribution in [0.5, 0.6) is 0 Å². The number of carboxylic acids is 1. The van der Waals surface area contributed by atoms with E-state index in [1.807, 2.05) is 0 Å². The smallest absolute Gasteiger partial charge is 0.303 e. The molecule has 5 unspecified atom stereocenters. The van der Waals surface area contributed by atoms with Crippen LogP contribution in [0.15, 0.2) is 0 Å². The molecule has 0 radical (unpaired) electrons. The number of hydrogen-bond acceptors (Lipinski definition) is 4. The molecule has 0 aromatic carbocycles. The number of unbranched alkanes of at least 4 members (excludes halogenated alkanes) is 4. The van der Waals surface area contributed by atoms with E-state index in [1.165, 1.54) is 0 Å². The van der Waals surface area contributed by atoms with Gasteiger partial charge in [0, 0.05) is 18.9 Å². The van der Waals surface area contributed by atoms with Gasteiger partial charge in [0.05, 0.1) is 12.2 Å². The Labute approximate surface area is 163 Å². The van der Waals surface area contributed by atoms with E-state index in [2.05, 4.69) is 19.2 Å². The zero-order valence-electron chi connectivity index (χ0n) is 16.2. The third-order valence-electron chi connectivity index (χ3n) is 5.80. The predicted octanol–water partition coefficient (Wildman–Crippen LogP) is 4.28. The average Bonchev–Trinajstić information content (AvgIpc) is 3.19. The van der Waals surface area contributed by atoms with Crippen molar-refractivity contribution in [3.8, 4) is 0 Å². The molecule has 0 spiro atoms. The van der Waals surface area contributed by atoms with E-state index < -0.39 is 5.97 Å². The fourth-order valence-corrected chi connectivity index (χ4v) is 4.76. The van der Waals surface area contributed by atoms with Crippen LogP contribution in [0.3, 0.4) is 0 Å². The molecule has 2 rings (SSSR count). The number of carboxylic acid groups (broad SMARTS) is 1. The minimum atomic E-state index is -0.693. The van der Waals surface area contributed by atoms with Crippen molar-refractivity contribution in [3.05, 3.63) is 0 Å². The minimum Gasteiger partial charge on any atom is -0.481 e. The molecular formula is C20H35NO4S. The van der Waals surface area contributed by atoms with Gasteiger partial charge in [-0.2, -0.15) is 0 Å². The summed E-state index contributed by atoms with van der Waals surface area (Å²) in [5.74, 6) is 0.265. The molecule has 2 aliphatic rings. The summed E-state index contributed by atoms with van der Waals surface area (Å²) in [6, 6.07) is 0. The third kappa shape index (κ3) is 6.38. The average molecular weight is 386 g/mol. The van der Waals surface area contributed by atoms with Crippen LogP contribution in [0.25, 0.3) is 0 Å². The Bertz CT molecular complexity index is 459. The Balaban J connectivity index is 1.74. The first-order chi connectivity index (χ1) is 12.5. The van der Waals surface area contributed by atoms with Crippen molar-refractivity contribution in [1.29, 1.82) is 0 Å². The van der Waals surface area contributed by atoms with E-state index >= 15 is 0 Å². The molecule has 0 aromatic heterocycles. The molecule has 5 nitrogen and oxygen atoms in total. The summed E-state index contributed by atoms with van der Waals surface area (Å²) >= 11 is 5.34. The van der Waals surface area contributed by atoms with Gasteiger partial charge in [0.25, 0.3) is 5.17 Å². The van der Waals surface area contributed by atoms with E-state index in [1.54, 1.807) is 0 Å². The predicted molar refractivity (Wildman–Crippen MR) is 106 cm³/mol. The summed E-state index contributed by atoms with van der Waals surface area (Å²) in [6.07, 6.45) is 10.7. The van der Waals surface area contributed by atoms with Crippen LogP contribution < -0.4 is 5.32 Å². The zero-order chi connectivity index (χ0) is 18.9. The van der Waals surface area contributed by atoms with Crippen LogP contribution >= 0.6 is 12.2 Å². The molecule has 2 bridgehead atoms. The Morgan fingerprint density at radius 1 is 1.23 bits per heavy atom. The maximum atomic E-state index is 10.6. The number of hydrogen-bond donors (Lipinski definition) is 2. The van der Waals surface area contributed by atoms with Crippen LogP contribution in [0, 0.1) is 11.8 Å². The molecule has 150 valence electrons. The van der Waals surface area contributed by atoms with Gasteiger partial charge < -0.3 is 19.9 Å². The molecule has 2 aliphatic heterocycles. The molecule has 5 atom stereocenters. The van der Waals surface area contributed by atoms with E-state index in [4.69, 9.17) is 26.8 Å². The van der Waals surface area contributed by atoms with Gasteiger partial charge in [0.2, 0.25) is 0 Å². The van der Waals surface area contributed by atoms with Gasteiger partial charge in [0.1, 0.15) is 6.10 Å². The number of carbonyl (C=O) groups is 1. The van der Waals surface area contributed by atoms with E-state index in [-0.39, 0.29) is 12.5 Å². The van der Waals surface area contributed by atoms with Gasteiger partial charge in [-0.1, -0.05) is 32.6 Å². The minimum absolute atomic E-state index is 0.0731. The molecule has 6 heteroatoms. The second-order valence-corrected chi connectivity index (χ2v) is 8.14. The second kappa shape index (κ2) is 11.1. The molecule has 2 saturated heterocycles. The maximum Gasteiger partial charge on any atom is 0.303 e. The van der Waals surface area contributed by atoms with Crippen LogP contribution in [-0.4, -0.2) is 41.1 Å². The lowest BCUT2D eigenvalue weighted by Gasteiger charge is -2.32. The number of nitrogens with one attached hydrogen (secondary N) is 1. The number of aliphatic carboxylic acids is 1. The largest absolute Gasteiger partial charge is 0.481 e. The molecule has 0 aliphatic carbocycles. The molecule has 0 aromatic rings. The summed E-state index contributed by atoms with van der Waals surface area (Å²) in [5.41, 5.74) is 0. The van der Waals surface area contributed by atoms with E-state index in [0.29, 0.717) is 29.2 Å². The summed E-state index contributed by atoms with van der Waals surface area (Å²) in [5, 5.41) is 12.4. The van der Waals surface area contributed by atoms with E-state index in [0.717, 1.165) is 64.3 Å². The summed E-state index contributed by atoms with van der Waals surface area (Å²) in [6.45, 7) is 5.16. The lowest BCUT2D eigenvalue weighted by atomic mass is 9.74. The zero-order valence-corrected chi connectivity index (χ0v) is 17.1. The van der Waals surface area contributed by atoms with Crippen LogP contribution in [0.2, 0.25) is 0 Å². The van der Waals surface area contributed by atoms with Gasteiger partial charge in [-0.3, -0.25) is 4.79 Å². The SMILES string of the molecule is CCCCNC(=S)OC(C)C1C2CCC(O2)C1CCCCCCC(=O)O. The van der Waals surface area contributed by atoms with E-state index in [9.17, 15) is 4.79 Å². The summed E-state index contributed by atoms with van der Waals surface area (Å²) < 4.78 is 12.2.